The summed E-state index contributed by atoms with van der Waals surface area (Å²) in [6, 6.07) is 10.1. The van der Waals surface area contributed by atoms with Crippen LogP contribution in [0.1, 0.15) is 15.9 Å². The number of rotatable bonds is 7. The summed E-state index contributed by atoms with van der Waals surface area (Å²) in [6.45, 7) is 8.67. The molecule has 108 valence electrons. The molecule has 1 heterocycles. The van der Waals surface area contributed by atoms with Crippen molar-refractivity contribution in [2.45, 2.75) is 6.54 Å². The Morgan fingerprint density at radius 3 is 2.67 bits per heavy atom. The summed E-state index contributed by atoms with van der Waals surface area (Å²) in [5.74, 6) is 0.656. The molecule has 4 nitrogen and oxygen atoms in total. The van der Waals surface area contributed by atoms with E-state index in [0.29, 0.717) is 18.7 Å². The number of nitrogens with zero attached hydrogens (tertiary/aromatic N) is 3. The van der Waals surface area contributed by atoms with Gasteiger partial charge in [-0.05, 0) is 11.6 Å². The first kappa shape index (κ1) is 14.8. The van der Waals surface area contributed by atoms with E-state index in [4.69, 9.17) is 0 Å². The topological polar surface area (TPSA) is 38.1 Å². The molecule has 2 aromatic rings. The second-order valence-electron chi connectivity index (χ2n) is 4.73. The van der Waals surface area contributed by atoms with Crippen LogP contribution in [-0.2, 0) is 13.6 Å². The van der Waals surface area contributed by atoms with Gasteiger partial charge in [0.1, 0.15) is 5.82 Å². The molecule has 0 saturated carbocycles. The third kappa shape index (κ3) is 3.28. The van der Waals surface area contributed by atoms with Gasteiger partial charge in [-0.25, -0.2) is 0 Å². The maximum absolute atomic E-state index is 12.0. The van der Waals surface area contributed by atoms with Crippen molar-refractivity contribution < 1.29 is 4.79 Å². The molecule has 0 atom stereocenters. The molecule has 0 N–H and O–H groups in total. The number of aryl methyl sites for hydroxylation is 1. The van der Waals surface area contributed by atoms with Crippen molar-refractivity contribution in [2.75, 3.05) is 11.4 Å². The molecule has 4 heteroatoms. The van der Waals surface area contributed by atoms with Crippen molar-refractivity contribution in [1.29, 1.82) is 0 Å². The van der Waals surface area contributed by atoms with Crippen LogP contribution in [0.2, 0.25) is 0 Å². The normalized spacial score (nSPS) is 10.1. The Labute approximate surface area is 125 Å². The summed E-state index contributed by atoms with van der Waals surface area (Å²) >= 11 is 0. The van der Waals surface area contributed by atoms with Crippen LogP contribution in [0, 0.1) is 0 Å². The molecular weight excluding hydrogens is 262 g/mol. The number of anilines is 1. The van der Waals surface area contributed by atoms with E-state index >= 15 is 0 Å². The van der Waals surface area contributed by atoms with Crippen LogP contribution >= 0.6 is 0 Å². The van der Waals surface area contributed by atoms with E-state index in [1.54, 1.807) is 10.9 Å². The number of benzene rings is 1. The summed E-state index contributed by atoms with van der Waals surface area (Å²) in [5, 5.41) is 4.20. The quantitative estimate of drug-likeness (QED) is 0.445. The van der Waals surface area contributed by atoms with Gasteiger partial charge in [0.25, 0.3) is 0 Å². The minimum absolute atomic E-state index is 0.125. The Kier molecular flexibility index (Phi) is 4.72. The molecule has 0 amide bonds. The van der Waals surface area contributed by atoms with E-state index in [1.165, 1.54) is 6.08 Å². The highest BCUT2D eigenvalue weighted by Crippen LogP contribution is 2.22. The van der Waals surface area contributed by atoms with Gasteiger partial charge in [0.05, 0.1) is 11.8 Å². The Morgan fingerprint density at radius 2 is 2.05 bits per heavy atom. The number of allylic oxidation sites excluding steroid dienone is 1. The summed E-state index contributed by atoms with van der Waals surface area (Å²) < 4.78 is 1.71. The summed E-state index contributed by atoms with van der Waals surface area (Å²) in [7, 11) is 1.83. The first-order chi connectivity index (χ1) is 10.2. The molecule has 0 spiro atoms. The van der Waals surface area contributed by atoms with Crippen molar-refractivity contribution in [3.8, 4) is 0 Å². The average molecular weight is 281 g/mol. The number of hydrogen-bond donors (Lipinski definition) is 0. The molecule has 0 saturated heterocycles. The van der Waals surface area contributed by atoms with Gasteiger partial charge in [-0.1, -0.05) is 43.0 Å². The maximum Gasteiger partial charge on any atom is 0.190 e. The largest absolute Gasteiger partial charge is 0.348 e. The summed E-state index contributed by atoms with van der Waals surface area (Å²) in [4.78, 5) is 14.1. The molecule has 0 unspecified atom stereocenters. The lowest BCUT2D eigenvalue weighted by atomic mass is 10.1. The molecule has 0 aliphatic carbocycles. The molecule has 0 bridgehead atoms. The SMILES string of the molecule is C=CCN(Cc1ccccc1)c1c(C(=O)C=C)cnn1C. The molecule has 2 rings (SSSR count). The van der Waals surface area contributed by atoms with Crippen molar-refractivity contribution in [3.05, 3.63) is 73.0 Å². The van der Waals surface area contributed by atoms with E-state index in [9.17, 15) is 4.79 Å². The number of hydrogen-bond acceptors (Lipinski definition) is 3. The molecule has 0 fully saturated rings. The average Bonchev–Trinajstić information content (AvgIpc) is 2.89. The lowest BCUT2D eigenvalue weighted by Crippen LogP contribution is -2.26. The molecule has 21 heavy (non-hydrogen) atoms. The van der Waals surface area contributed by atoms with E-state index in [-0.39, 0.29) is 5.78 Å². The zero-order valence-electron chi connectivity index (χ0n) is 12.2. The maximum atomic E-state index is 12.0. The molecule has 0 aliphatic heterocycles. The van der Waals surface area contributed by atoms with Crippen molar-refractivity contribution >= 4 is 11.6 Å². The first-order valence-electron chi connectivity index (χ1n) is 6.76. The fraction of sp³-hybridized carbons (Fsp3) is 0.176. The second kappa shape index (κ2) is 6.70. The van der Waals surface area contributed by atoms with E-state index < -0.39 is 0 Å². The van der Waals surface area contributed by atoms with Gasteiger partial charge in [0.15, 0.2) is 5.78 Å². The number of ketones is 1. The van der Waals surface area contributed by atoms with Crippen LogP contribution in [0.5, 0.6) is 0 Å². The standard InChI is InChI=1S/C17H19N3O/c1-4-11-20(13-14-9-7-6-8-10-14)17-15(16(21)5-2)12-18-19(17)3/h4-10,12H,1-2,11,13H2,3H3. The lowest BCUT2D eigenvalue weighted by Gasteiger charge is -2.24. The fourth-order valence-electron chi connectivity index (χ4n) is 2.28. The van der Waals surface area contributed by atoms with Gasteiger partial charge in [-0.3, -0.25) is 9.48 Å². The van der Waals surface area contributed by atoms with Crippen LogP contribution in [0.3, 0.4) is 0 Å². The third-order valence-corrected chi connectivity index (χ3v) is 3.22. The predicted octanol–water partition coefficient (Wildman–Crippen LogP) is 2.98. The van der Waals surface area contributed by atoms with Crippen molar-refractivity contribution in [1.82, 2.24) is 9.78 Å². The molecular formula is C17H19N3O. The Bertz CT molecular complexity index is 643. The number of carbonyl (C=O) groups excluding carboxylic acids is 1. The third-order valence-electron chi connectivity index (χ3n) is 3.22. The van der Waals surface area contributed by atoms with Gasteiger partial charge in [-0.2, -0.15) is 5.10 Å². The van der Waals surface area contributed by atoms with Crippen LogP contribution in [0.4, 0.5) is 5.82 Å². The monoisotopic (exact) mass is 281 g/mol. The van der Waals surface area contributed by atoms with E-state index in [0.717, 1.165) is 11.4 Å². The number of carbonyl (C=O) groups is 1. The molecule has 0 radical (unpaired) electrons. The predicted molar refractivity (Wildman–Crippen MR) is 85.4 cm³/mol. The minimum Gasteiger partial charge on any atom is -0.348 e. The van der Waals surface area contributed by atoms with Crippen molar-refractivity contribution in [2.24, 2.45) is 7.05 Å². The second-order valence-corrected chi connectivity index (χ2v) is 4.73. The fourth-order valence-corrected chi connectivity index (χ4v) is 2.28. The van der Waals surface area contributed by atoms with Gasteiger partial charge >= 0.3 is 0 Å². The van der Waals surface area contributed by atoms with Crippen LogP contribution in [0.15, 0.2) is 61.8 Å². The molecule has 0 aliphatic rings. The Morgan fingerprint density at radius 1 is 1.33 bits per heavy atom. The highest BCUT2D eigenvalue weighted by molar-refractivity contribution is 6.07. The van der Waals surface area contributed by atoms with Crippen molar-refractivity contribution in [3.63, 3.8) is 0 Å². The van der Waals surface area contributed by atoms with Crippen LogP contribution < -0.4 is 4.90 Å². The number of aromatic nitrogens is 2. The minimum atomic E-state index is -0.125. The Balaban J connectivity index is 2.38. The highest BCUT2D eigenvalue weighted by Gasteiger charge is 2.19. The first-order valence-corrected chi connectivity index (χ1v) is 6.76. The highest BCUT2D eigenvalue weighted by atomic mass is 16.1. The smallest absolute Gasteiger partial charge is 0.190 e. The van der Waals surface area contributed by atoms with Gasteiger partial charge in [-0.15, -0.1) is 6.58 Å². The zero-order valence-corrected chi connectivity index (χ0v) is 12.2. The van der Waals surface area contributed by atoms with Gasteiger partial charge < -0.3 is 4.90 Å². The van der Waals surface area contributed by atoms with Gasteiger partial charge in [0, 0.05) is 20.1 Å². The zero-order chi connectivity index (χ0) is 15.2. The van der Waals surface area contributed by atoms with Crippen LogP contribution in [0.25, 0.3) is 0 Å². The summed E-state index contributed by atoms with van der Waals surface area (Å²) in [6.07, 6.45) is 4.72. The summed E-state index contributed by atoms with van der Waals surface area (Å²) in [5.41, 5.74) is 1.72. The van der Waals surface area contributed by atoms with Crippen LogP contribution in [-0.4, -0.2) is 22.1 Å². The van der Waals surface area contributed by atoms with E-state index in [1.807, 2.05) is 31.3 Å². The lowest BCUT2D eigenvalue weighted by molar-refractivity contribution is 0.104. The Hall–Kier alpha value is -2.62. The van der Waals surface area contributed by atoms with Gasteiger partial charge in [0.2, 0.25) is 0 Å². The molecule has 1 aromatic carbocycles. The van der Waals surface area contributed by atoms with E-state index in [2.05, 4.69) is 35.3 Å². The molecule has 1 aromatic heterocycles.